The highest BCUT2D eigenvalue weighted by Gasteiger charge is 2.41. The monoisotopic (exact) mass is 661 g/mol. The van der Waals surface area contributed by atoms with Crippen LogP contribution >= 0.6 is 12.4 Å². The predicted octanol–water partition coefficient (Wildman–Crippen LogP) is 4.44. The Morgan fingerprint density at radius 3 is 2.64 bits per heavy atom. The summed E-state index contributed by atoms with van der Waals surface area (Å²) in [6.07, 6.45) is 3.07. The number of benzene rings is 2. The molecular weight excluding hydrogens is 618 g/mol. The number of nitrogens with zero attached hydrogens (tertiary/aromatic N) is 4. The number of esters is 1. The van der Waals surface area contributed by atoms with E-state index in [-0.39, 0.29) is 43.1 Å². The van der Waals surface area contributed by atoms with Gasteiger partial charge in [0.15, 0.2) is 0 Å². The van der Waals surface area contributed by atoms with Crippen LogP contribution in [0.15, 0.2) is 53.6 Å². The minimum atomic E-state index is -3.82. The molecule has 13 heteroatoms. The Labute approximate surface area is 272 Å². The van der Waals surface area contributed by atoms with Crippen molar-refractivity contribution in [1.82, 2.24) is 24.6 Å². The van der Waals surface area contributed by atoms with E-state index in [1.807, 2.05) is 42.9 Å². The second-order valence-corrected chi connectivity index (χ2v) is 14.3. The Kier molecular flexibility index (Phi) is 11.3. The molecule has 2 aliphatic rings. The van der Waals surface area contributed by atoms with Crippen molar-refractivity contribution in [1.29, 1.82) is 0 Å². The number of fused-ring (bicyclic) bond motifs is 1. The van der Waals surface area contributed by atoms with Gasteiger partial charge in [-0.05, 0) is 88.4 Å². The number of sulfonamides is 1. The third-order valence-electron chi connectivity index (χ3n) is 8.53. The molecular formula is C32H44ClN5O6S. The maximum Gasteiger partial charge on any atom is 0.314 e. The smallest absolute Gasteiger partial charge is 0.314 e. The first-order valence-electron chi connectivity index (χ1n) is 15.1. The van der Waals surface area contributed by atoms with Crippen molar-refractivity contribution in [3.8, 4) is 5.75 Å². The minimum absolute atomic E-state index is 0. The molecule has 0 radical (unpaired) electrons. The van der Waals surface area contributed by atoms with Gasteiger partial charge in [-0.1, -0.05) is 35.5 Å². The number of ether oxygens (including phenoxy) is 3. The van der Waals surface area contributed by atoms with Crippen LogP contribution in [0.3, 0.4) is 0 Å². The lowest BCUT2D eigenvalue weighted by Crippen LogP contribution is -2.36. The maximum atomic E-state index is 13.7. The second kappa shape index (κ2) is 14.6. The molecule has 1 saturated heterocycles. The predicted molar refractivity (Wildman–Crippen MR) is 171 cm³/mol. The molecule has 11 nitrogen and oxygen atoms in total. The van der Waals surface area contributed by atoms with Crippen LogP contribution in [0.4, 0.5) is 0 Å². The number of piperidine rings is 1. The van der Waals surface area contributed by atoms with Crippen LogP contribution in [0.2, 0.25) is 0 Å². The number of hydrogen-bond acceptors (Lipinski definition) is 9. The van der Waals surface area contributed by atoms with Crippen molar-refractivity contribution >= 4 is 28.4 Å². The summed E-state index contributed by atoms with van der Waals surface area (Å²) >= 11 is 0. The summed E-state index contributed by atoms with van der Waals surface area (Å²) in [6.45, 7) is 10.7. The molecule has 0 aliphatic carbocycles. The van der Waals surface area contributed by atoms with Crippen LogP contribution in [-0.4, -0.2) is 66.5 Å². The van der Waals surface area contributed by atoms with Crippen molar-refractivity contribution in [3.05, 3.63) is 71.0 Å². The van der Waals surface area contributed by atoms with Crippen LogP contribution in [0.5, 0.6) is 5.75 Å². The Morgan fingerprint density at radius 2 is 1.91 bits per heavy atom. The zero-order chi connectivity index (χ0) is 31.5. The van der Waals surface area contributed by atoms with Crippen molar-refractivity contribution in [2.45, 2.75) is 77.3 Å². The van der Waals surface area contributed by atoms with Gasteiger partial charge in [0.25, 0.3) is 0 Å². The van der Waals surface area contributed by atoms with E-state index in [0.29, 0.717) is 17.4 Å². The quantitative estimate of drug-likeness (QED) is 0.314. The van der Waals surface area contributed by atoms with Crippen LogP contribution in [0.1, 0.15) is 62.1 Å². The highest BCUT2D eigenvalue weighted by Crippen LogP contribution is 2.40. The van der Waals surface area contributed by atoms with Gasteiger partial charge in [-0.3, -0.25) is 9.48 Å². The number of para-hydroxylation sites is 1. The molecule has 5 rings (SSSR count). The molecule has 45 heavy (non-hydrogen) atoms. The van der Waals surface area contributed by atoms with Crippen LogP contribution in [-0.2, 0) is 44.0 Å². The molecule has 1 fully saturated rings. The molecule has 0 saturated carbocycles. The molecule has 1 N–H and O–H groups in total. The summed E-state index contributed by atoms with van der Waals surface area (Å²) < 4.78 is 48.3. The van der Waals surface area contributed by atoms with Gasteiger partial charge in [-0.2, -0.15) is 4.31 Å². The second-order valence-electron chi connectivity index (χ2n) is 12.4. The SMILES string of the molecule is COC(=O)C(C)(C)C(OCc1cn(CC2CCNCC2)nn1)c1ccc(C)c(CN2C[C@@H](C)Oc3ccccc3S2(=O)=O)c1.Cl. The van der Waals surface area contributed by atoms with Crippen molar-refractivity contribution in [3.63, 3.8) is 0 Å². The number of carbonyl (C=O) groups excluding carboxylic acids is 1. The molecule has 1 unspecified atom stereocenters. The maximum absolute atomic E-state index is 13.7. The molecule has 2 atom stereocenters. The van der Waals surface area contributed by atoms with Crippen LogP contribution in [0, 0.1) is 18.3 Å². The summed E-state index contributed by atoms with van der Waals surface area (Å²) in [7, 11) is -2.46. The van der Waals surface area contributed by atoms with Crippen LogP contribution in [0.25, 0.3) is 0 Å². The number of methoxy groups -OCH3 is 1. The van der Waals surface area contributed by atoms with E-state index in [9.17, 15) is 13.2 Å². The number of aryl methyl sites for hydroxylation is 1. The van der Waals surface area contributed by atoms with Crippen molar-refractivity contribution in [2.75, 3.05) is 26.7 Å². The van der Waals surface area contributed by atoms with Gasteiger partial charge < -0.3 is 19.5 Å². The number of carbonyl (C=O) groups is 1. The number of nitrogens with one attached hydrogen (secondary N) is 1. The molecule has 0 amide bonds. The number of hydrogen-bond donors (Lipinski definition) is 1. The molecule has 0 spiro atoms. The number of aromatic nitrogens is 3. The van der Waals surface area contributed by atoms with E-state index in [2.05, 4.69) is 15.6 Å². The lowest BCUT2D eigenvalue weighted by Gasteiger charge is -2.32. The number of rotatable bonds is 10. The Bertz CT molecular complexity index is 1570. The number of halogens is 1. The molecule has 2 aromatic carbocycles. The zero-order valence-electron chi connectivity index (χ0n) is 26.6. The first kappa shape index (κ1) is 34.8. The Balaban J connectivity index is 0.00000461. The molecule has 2 aliphatic heterocycles. The first-order valence-corrected chi connectivity index (χ1v) is 16.6. The summed E-state index contributed by atoms with van der Waals surface area (Å²) in [5.74, 6) is 0.491. The van der Waals surface area contributed by atoms with E-state index < -0.39 is 27.5 Å². The summed E-state index contributed by atoms with van der Waals surface area (Å²) in [4.78, 5) is 13.1. The van der Waals surface area contributed by atoms with E-state index >= 15 is 0 Å². The van der Waals surface area contributed by atoms with E-state index in [0.717, 1.165) is 49.2 Å². The highest BCUT2D eigenvalue weighted by atomic mass is 35.5. The average molecular weight is 662 g/mol. The topological polar surface area (TPSA) is 125 Å². The molecule has 3 aromatic rings. The summed E-state index contributed by atoms with van der Waals surface area (Å²) in [5.41, 5.74) is 2.08. The fourth-order valence-corrected chi connectivity index (χ4v) is 7.60. The lowest BCUT2D eigenvalue weighted by molar-refractivity contribution is -0.162. The Hall–Kier alpha value is -3.03. The van der Waals surface area contributed by atoms with Crippen molar-refractivity contribution in [2.24, 2.45) is 11.3 Å². The largest absolute Gasteiger partial charge is 0.488 e. The van der Waals surface area contributed by atoms with Gasteiger partial charge in [-0.15, -0.1) is 17.5 Å². The fourth-order valence-electron chi connectivity index (χ4n) is 5.99. The van der Waals surface area contributed by atoms with E-state index in [4.69, 9.17) is 14.2 Å². The summed E-state index contributed by atoms with van der Waals surface area (Å²) in [6, 6.07) is 12.5. The van der Waals surface area contributed by atoms with E-state index in [1.165, 1.54) is 11.4 Å². The van der Waals surface area contributed by atoms with Gasteiger partial charge >= 0.3 is 5.97 Å². The van der Waals surface area contributed by atoms with Gasteiger partial charge in [-0.25, -0.2) is 8.42 Å². The third kappa shape index (κ3) is 7.86. The van der Waals surface area contributed by atoms with Crippen LogP contribution < -0.4 is 10.1 Å². The normalized spacial score (nSPS) is 19.4. The van der Waals surface area contributed by atoms with Gasteiger partial charge in [0.05, 0.1) is 38.0 Å². The molecule has 3 heterocycles. The molecule has 246 valence electrons. The molecule has 0 bridgehead atoms. The Morgan fingerprint density at radius 1 is 1.18 bits per heavy atom. The standard InChI is InChI=1S/C32H43N5O6S.ClH/c1-22-10-11-25(16-26(22)19-37-17-23(2)43-28-8-6-7-9-29(28)44(37,39)40)30(32(3,4)31(38)41-5)42-21-27-20-36(35-34-27)18-24-12-14-33-15-13-24;/h6-11,16,20,23-24,30,33H,12-15,17-19,21H2,1-5H3;1H/t23-,30?;/m1./s1. The summed E-state index contributed by atoms with van der Waals surface area (Å²) in [5, 5.41) is 12.0. The lowest BCUT2D eigenvalue weighted by atomic mass is 9.81. The first-order chi connectivity index (χ1) is 21.0. The zero-order valence-corrected chi connectivity index (χ0v) is 28.2. The third-order valence-corrected chi connectivity index (χ3v) is 10.4. The van der Waals surface area contributed by atoms with Crippen molar-refractivity contribution < 1.29 is 27.4 Å². The van der Waals surface area contributed by atoms with Gasteiger partial charge in [0.2, 0.25) is 10.0 Å². The van der Waals surface area contributed by atoms with Gasteiger partial charge in [0.1, 0.15) is 22.4 Å². The van der Waals surface area contributed by atoms with E-state index in [1.54, 1.807) is 38.1 Å². The fraction of sp³-hybridized carbons (Fsp3) is 0.531. The van der Waals surface area contributed by atoms with Gasteiger partial charge in [0, 0.05) is 13.1 Å². The highest BCUT2D eigenvalue weighted by molar-refractivity contribution is 7.89. The minimum Gasteiger partial charge on any atom is -0.488 e. The average Bonchev–Trinajstić information content (AvgIpc) is 3.41. The molecule has 1 aromatic heterocycles.